The number of thiazole rings is 1. The van der Waals surface area contributed by atoms with E-state index in [4.69, 9.17) is 0 Å². The van der Waals surface area contributed by atoms with Gasteiger partial charge in [-0.25, -0.2) is 4.98 Å². The van der Waals surface area contributed by atoms with Gasteiger partial charge in [0.2, 0.25) is 0 Å². The molecule has 0 amide bonds. The van der Waals surface area contributed by atoms with Crippen molar-refractivity contribution in [1.82, 2.24) is 10.3 Å². The van der Waals surface area contributed by atoms with E-state index in [9.17, 15) is 0 Å². The van der Waals surface area contributed by atoms with Crippen molar-refractivity contribution in [2.75, 3.05) is 18.0 Å². The Labute approximate surface area is 102 Å². The second-order valence-electron chi connectivity index (χ2n) is 4.85. The topological polar surface area (TPSA) is 28.2 Å². The molecule has 0 aliphatic carbocycles. The Balaban J connectivity index is 1.85. The van der Waals surface area contributed by atoms with Crippen LogP contribution < -0.4 is 10.2 Å². The summed E-state index contributed by atoms with van der Waals surface area (Å²) in [5.74, 6) is 0. The van der Waals surface area contributed by atoms with E-state index < -0.39 is 0 Å². The van der Waals surface area contributed by atoms with Gasteiger partial charge in [0.05, 0.1) is 5.69 Å². The van der Waals surface area contributed by atoms with Gasteiger partial charge < -0.3 is 10.2 Å². The van der Waals surface area contributed by atoms with Gasteiger partial charge in [-0.15, -0.1) is 11.3 Å². The molecular formula is C12H21N3S. The van der Waals surface area contributed by atoms with Crippen LogP contribution in [0.15, 0.2) is 5.38 Å². The van der Waals surface area contributed by atoms with Crippen LogP contribution in [0.5, 0.6) is 0 Å². The minimum Gasteiger partial charge on any atom is -0.348 e. The average Bonchev–Trinajstić information content (AvgIpc) is 2.65. The van der Waals surface area contributed by atoms with Crippen LogP contribution in [0.2, 0.25) is 0 Å². The number of rotatable bonds is 3. The van der Waals surface area contributed by atoms with E-state index in [1.54, 1.807) is 11.3 Å². The largest absolute Gasteiger partial charge is 0.348 e. The standard InChI is InChI=1S/C12H21N3S/c1-9(2)13-11-4-6-15(7-5-11)12-14-10(3)8-16-12/h8-9,11,13H,4-7H2,1-3H3. The molecule has 16 heavy (non-hydrogen) atoms. The van der Waals surface area contributed by atoms with Crippen LogP contribution in [-0.4, -0.2) is 30.2 Å². The summed E-state index contributed by atoms with van der Waals surface area (Å²) in [6.07, 6.45) is 2.47. The highest BCUT2D eigenvalue weighted by molar-refractivity contribution is 7.13. The van der Waals surface area contributed by atoms with Crippen molar-refractivity contribution in [3.8, 4) is 0 Å². The molecule has 0 spiro atoms. The molecule has 2 heterocycles. The van der Waals surface area contributed by atoms with Crippen molar-refractivity contribution in [1.29, 1.82) is 0 Å². The van der Waals surface area contributed by atoms with Gasteiger partial charge in [0.1, 0.15) is 0 Å². The molecule has 0 unspecified atom stereocenters. The van der Waals surface area contributed by atoms with Crippen LogP contribution in [0.25, 0.3) is 0 Å². The Hall–Kier alpha value is -0.610. The van der Waals surface area contributed by atoms with E-state index in [1.807, 2.05) is 0 Å². The third-order valence-corrected chi connectivity index (χ3v) is 3.96. The van der Waals surface area contributed by atoms with Gasteiger partial charge in [-0.05, 0) is 19.8 Å². The third-order valence-electron chi connectivity index (χ3n) is 2.94. The Bertz CT molecular complexity index is 327. The summed E-state index contributed by atoms with van der Waals surface area (Å²) in [6.45, 7) is 8.77. The molecule has 1 N–H and O–H groups in total. The molecule has 0 bridgehead atoms. The third kappa shape index (κ3) is 2.95. The highest BCUT2D eigenvalue weighted by atomic mass is 32.1. The lowest BCUT2D eigenvalue weighted by molar-refractivity contribution is 0.387. The lowest BCUT2D eigenvalue weighted by Crippen LogP contribution is -2.44. The molecule has 1 aliphatic heterocycles. The van der Waals surface area contributed by atoms with Crippen LogP contribution in [0, 0.1) is 6.92 Å². The lowest BCUT2D eigenvalue weighted by atomic mass is 10.0. The molecule has 0 aromatic carbocycles. The van der Waals surface area contributed by atoms with E-state index in [0.717, 1.165) is 18.8 Å². The Morgan fingerprint density at radius 1 is 1.44 bits per heavy atom. The molecule has 1 aromatic rings. The SMILES string of the molecule is Cc1csc(N2CCC(NC(C)C)CC2)n1. The second-order valence-corrected chi connectivity index (χ2v) is 5.69. The summed E-state index contributed by atoms with van der Waals surface area (Å²) < 4.78 is 0. The molecule has 0 radical (unpaired) electrons. The maximum atomic E-state index is 4.54. The molecule has 3 nitrogen and oxygen atoms in total. The highest BCUT2D eigenvalue weighted by Crippen LogP contribution is 2.23. The molecule has 1 fully saturated rings. The van der Waals surface area contributed by atoms with Gasteiger partial charge in [0, 0.05) is 30.6 Å². The van der Waals surface area contributed by atoms with Gasteiger partial charge in [-0.2, -0.15) is 0 Å². The molecule has 4 heteroatoms. The Kier molecular flexibility index (Phi) is 3.82. The zero-order valence-electron chi connectivity index (χ0n) is 10.4. The lowest BCUT2D eigenvalue weighted by Gasteiger charge is -2.33. The number of piperidine rings is 1. The Morgan fingerprint density at radius 2 is 2.12 bits per heavy atom. The van der Waals surface area contributed by atoms with E-state index in [1.165, 1.54) is 18.0 Å². The van der Waals surface area contributed by atoms with Crippen molar-refractivity contribution < 1.29 is 0 Å². The maximum absolute atomic E-state index is 4.54. The molecule has 90 valence electrons. The minimum atomic E-state index is 0.596. The number of nitrogens with one attached hydrogen (secondary N) is 1. The molecule has 1 aromatic heterocycles. The predicted molar refractivity (Wildman–Crippen MR) is 70.4 cm³/mol. The van der Waals surface area contributed by atoms with Gasteiger partial charge in [0.25, 0.3) is 0 Å². The number of nitrogens with zero attached hydrogens (tertiary/aromatic N) is 2. The maximum Gasteiger partial charge on any atom is 0.185 e. The van der Waals surface area contributed by atoms with Crippen LogP contribution >= 0.6 is 11.3 Å². The summed E-state index contributed by atoms with van der Waals surface area (Å²) in [4.78, 5) is 6.96. The molecule has 0 atom stereocenters. The zero-order valence-corrected chi connectivity index (χ0v) is 11.2. The van der Waals surface area contributed by atoms with E-state index in [-0.39, 0.29) is 0 Å². The van der Waals surface area contributed by atoms with Crippen molar-refractivity contribution in [2.45, 2.75) is 45.7 Å². The fourth-order valence-corrected chi connectivity index (χ4v) is 3.05. The van der Waals surface area contributed by atoms with Crippen molar-refractivity contribution in [2.24, 2.45) is 0 Å². The quantitative estimate of drug-likeness (QED) is 0.878. The van der Waals surface area contributed by atoms with Gasteiger partial charge in [-0.1, -0.05) is 13.8 Å². The summed E-state index contributed by atoms with van der Waals surface area (Å²) >= 11 is 1.77. The van der Waals surface area contributed by atoms with Crippen molar-refractivity contribution in [3.05, 3.63) is 11.1 Å². The summed E-state index contributed by atoms with van der Waals surface area (Å²) in [7, 11) is 0. The average molecular weight is 239 g/mol. The fourth-order valence-electron chi connectivity index (χ4n) is 2.20. The monoisotopic (exact) mass is 239 g/mol. The number of hydrogen-bond donors (Lipinski definition) is 1. The molecule has 1 aliphatic rings. The van der Waals surface area contributed by atoms with Gasteiger partial charge in [0.15, 0.2) is 5.13 Å². The smallest absolute Gasteiger partial charge is 0.185 e. The molecule has 1 saturated heterocycles. The number of anilines is 1. The van der Waals surface area contributed by atoms with E-state index >= 15 is 0 Å². The van der Waals surface area contributed by atoms with Crippen LogP contribution in [0.4, 0.5) is 5.13 Å². The van der Waals surface area contributed by atoms with Crippen LogP contribution in [0.1, 0.15) is 32.4 Å². The first-order chi connectivity index (χ1) is 7.65. The molecule has 0 saturated carbocycles. The zero-order chi connectivity index (χ0) is 11.5. The van der Waals surface area contributed by atoms with E-state index in [0.29, 0.717) is 12.1 Å². The normalized spacial score (nSPS) is 18.4. The first-order valence-electron chi connectivity index (χ1n) is 6.08. The summed E-state index contributed by atoms with van der Waals surface area (Å²) in [6, 6.07) is 1.29. The van der Waals surface area contributed by atoms with Crippen molar-refractivity contribution >= 4 is 16.5 Å². The highest BCUT2D eigenvalue weighted by Gasteiger charge is 2.20. The number of aryl methyl sites for hydroxylation is 1. The van der Waals surface area contributed by atoms with Crippen molar-refractivity contribution in [3.63, 3.8) is 0 Å². The summed E-state index contributed by atoms with van der Waals surface area (Å²) in [5.41, 5.74) is 1.14. The Morgan fingerprint density at radius 3 is 2.62 bits per heavy atom. The number of aromatic nitrogens is 1. The van der Waals surface area contributed by atoms with E-state index in [2.05, 4.69) is 41.4 Å². The van der Waals surface area contributed by atoms with Gasteiger partial charge >= 0.3 is 0 Å². The second kappa shape index (κ2) is 5.15. The van der Waals surface area contributed by atoms with Crippen LogP contribution in [-0.2, 0) is 0 Å². The summed E-state index contributed by atoms with van der Waals surface area (Å²) in [5, 5.41) is 6.94. The van der Waals surface area contributed by atoms with Gasteiger partial charge in [-0.3, -0.25) is 0 Å². The van der Waals surface area contributed by atoms with Crippen LogP contribution in [0.3, 0.4) is 0 Å². The predicted octanol–water partition coefficient (Wildman–Crippen LogP) is 2.42. The molecule has 2 rings (SSSR count). The number of hydrogen-bond acceptors (Lipinski definition) is 4. The fraction of sp³-hybridized carbons (Fsp3) is 0.750. The minimum absolute atomic E-state index is 0.596. The molecular weight excluding hydrogens is 218 g/mol. The first-order valence-corrected chi connectivity index (χ1v) is 6.96. The first kappa shape index (κ1) is 11.9.